The van der Waals surface area contributed by atoms with E-state index in [2.05, 4.69) is 14.8 Å². The molecule has 5 atom stereocenters. The number of aromatic nitrogens is 2. The van der Waals surface area contributed by atoms with Crippen LogP contribution in [0.1, 0.15) is 60.3 Å². The Labute approximate surface area is 336 Å². The fraction of sp³-hybridized carbons (Fsp3) is 0.600. The summed E-state index contributed by atoms with van der Waals surface area (Å²) in [5, 5.41) is 25.0. The van der Waals surface area contributed by atoms with Crippen LogP contribution in [0.4, 0.5) is 18.8 Å². The van der Waals surface area contributed by atoms with Crippen molar-refractivity contribution >= 4 is 32.2 Å². The molecule has 2 heterocycles. The van der Waals surface area contributed by atoms with Crippen LogP contribution in [0, 0.1) is 5.92 Å². The van der Waals surface area contributed by atoms with Crippen LogP contribution in [-0.4, -0.2) is 106 Å². The number of rotatable bonds is 20. The van der Waals surface area contributed by atoms with Gasteiger partial charge in [0.2, 0.25) is 13.6 Å². The molecule has 0 bridgehead atoms. The number of esters is 1. The van der Waals surface area contributed by atoms with Crippen molar-refractivity contribution in [1.29, 1.82) is 0 Å². The van der Waals surface area contributed by atoms with Crippen molar-refractivity contribution in [3.63, 3.8) is 0 Å². The number of carbonyl (C=O) groups is 4. The molecular weight excluding hydrogens is 816 g/mol. The van der Waals surface area contributed by atoms with Gasteiger partial charge in [-0.2, -0.15) is 0 Å². The standard InChI is InChI=1S/C35H49FN3O19P/c1-21(2)26(37-30(43)49-15-24-11-9-8-10-12-24)27(41)50-18-39-25(40)13-14-38(31(39)44)29-34(7,47)28(42)35(16-36,58-29)17-53-59(48,54-19-51-32(45)56-22(3)4)55-20-52-33(46)57-23(5)6/h8-14,21-23,26,28-29,42,47H,15-20H2,1-7H3,(H,37,43)/t26?,28-,29+,34+,35+/m0/s1. The van der Waals surface area contributed by atoms with Gasteiger partial charge in [-0.1, -0.05) is 44.2 Å². The summed E-state index contributed by atoms with van der Waals surface area (Å²) >= 11 is 0. The van der Waals surface area contributed by atoms with Gasteiger partial charge >= 0.3 is 37.9 Å². The molecule has 3 N–H and O–H groups in total. The molecule has 0 saturated carbocycles. The first kappa shape index (κ1) is 48.5. The first-order valence-corrected chi connectivity index (χ1v) is 19.4. The molecule has 1 amide bonds. The SMILES string of the molecule is CC(C)OC(=O)OCOP(=O)(OCOC(=O)OC(C)C)OC[C@@]1(CF)O[C@@H](n2ccc(=O)n(COC(=O)C(NC(=O)OCc3ccccc3)C(C)C)c2=O)[C@](C)(O)[C@@H]1O. The highest BCUT2D eigenvalue weighted by Gasteiger charge is 2.63. The number of benzene rings is 1. The highest BCUT2D eigenvalue weighted by atomic mass is 31.2. The van der Waals surface area contributed by atoms with Gasteiger partial charge in [-0.3, -0.25) is 13.9 Å². The summed E-state index contributed by atoms with van der Waals surface area (Å²) < 4.78 is 79.4. The molecule has 1 unspecified atom stereocenters. The third-order valence-electron chi connectivity index (χ3n) is 8.12. The Morgan fingerprint density at radius 1 is 0.898 bits per heavy atom. The summed E-state index contributed by atoms with van der Waals surface area (Å²) in [6.45, 7) is 3.83. The summed E-state index contributed by atoms with van der Waals surface area (Å²) in [4.78, 5) is 75.6. The van der Waals surface area contributed by atoms with Gasteiger partial charge in [-0.05, 0) is 46.1 Å². The first-order chi connectivity index (χ1) is 27.6. The number of alkyl halides is 1. The fourth-order valence-electron chi connectivity index (χ4n) is 5.14. The van der Waals surface area contributed by atoms with Gasteiger partial charge in [-0.15, -0.1) is 0 Å². The van der Waals surface area contributed by atoms with E-state index < -0.39 is 125 Å². The molecule has 3 rings (SSSR count). The average molecular weight is 866 g/mol. The summed E-state index contributed by atoms with van der Waals surface area (Å²) in [6, 6.07) is 8.24. The molecule has 0 radical (unpaired) electrons. The molecule has 22 nitrogen and oxygen atoms in total. The van der Waals surface area contributed by atoms with E-state index in [1.807, 2.05) is 0 Å². The third kappa shape index (κ3) is 13.6. The number of alkyl carbamates (subject to hydrolysis) is 1. The van der Waals surface area contributed by atoms with E-state index in [4.69, 9.17) is 37.3 Å². The number of phosphoric ester groups is 1. The van der Waals surface area contributed by atoms with Crippen LogP contribution in [0.25, 0.3) is 0 Å². The minimum atomic E-state index is -5.06. The molecule has 1 aliphatic rings. The number of aliphatic hydroxyl groups excluding tert-OH is 1. The topological polar surface area (TPSA) is 274 Å². The highest BCUT2D eigenvalue weighted by Crippen LogP contribution is 2.52. The van der Waals surface area contributed by atoms with Crippen molar-refractivity contribution in [2.24, 2.45) is 5.92 Å². The predicted molar refractivity (Wildman–Crippen MR) is 196 cm³/mol. The maximum atomic E-state index is 14.9. The zero-order valence-corrected chi connectivity index (χ0v) is 34.2. The zero-order valence-electron chi connectivity index (χ0n) is 33.3. The van der Waals surface area contributed by atoms with Crippen LogP contribution in [-0.2, 0) is 69.4 Å². The van der Waals surface area contributed by atoms with E-state index in [9.17, 15) is 47.9 Å². The largest absolute Gasteiger partial charge is 0.510 e. The molecule has 330 valence electrons. The maximum absolute atomic E-state index is 14.9. The molecule has 59 heavy (non-hydrogen) atoms. The predicted octanol–water partition coefficient (Wildman–Crippen LogP) is 3.01. The molecule has 1 fully saturated rings. The Hall–Kier alpha value is -4.90. The van der Waals surface area contributed by atoms with Gasteiger partial charge in [0.15, 0.2) is 18.6 Å². The monoisotopic (exact) mass is 865 g/mol. The Balaban J connectivity index is 1.79. The summed E-state index contributed by atoms with van der Waals surface area (Å²) in [6.07, 6.45) is -8.11. The maximum Gasteiger partial charge on any atom is 0.510 e. The average Bonchev–Trinajstić information content (AvgIpc) is 3.35. The van der Waals surface area contributed by atoms with E-state index in [1.54, 1.807) is 44.2 Å². The zero-order chi connectivity index (χ0) is 44.1. The number of nitrogens with zero attached hydrogens (tertiary/aromatic N) is 2. The molecule has 1 aromatic heterocycles. The van der Waals surface area contributed by atoms with E-state index in [-0.39, 0.29) is 6.61 Å². The van der Waals surface area contributed by atoms with Gasteiger partial charge in [-0.25, -0.2) is 46.5 Å². The van der Waals surface area contributed by atoms with Crippen molar-refractivity contribution in [3.8, 4) is 0 Å². The first-order valence-electron chi connectivity index (χ1n) is 17.9. The van der Waals surface area contributed by atoms with Crippen molar-refractivity contribution in [2.75, 3.05) is 26.9 Å². The van der Waals surface area contributed by atoms with Gasteiger partial charge in [0.25, 0.3) is 5.56 Å². The third-order valence-corrected chi connectivity index (χ3v) is 9.41. The highest BCUT2D eigenvalue weighted by molar-refractivity contribution is 7.48. The van der Waals surface area contributed by atoms with Gasteiger partial charge in [0.1, 0.15) is 31.0 Å². The Morgan fingerprint density at radius 3 is 2.00 bits per heavy atom. The minimum absolute atomic E-state index is 0.0963. The van der Waals surface area contributed by atoms with Crippen LogP contribution in [0.2, 0.25) is 0 Å². The molecule has 1 saturated heterocycles. The number of hydrogen-bond acceptors (Lipinski definition) is 19. The van der Waals surface area contributed by atoms with Gasteiger partial charge < -0.3 is 48.7 Å². The minimum Gasteiger partial charge on any atom is -0.445 e. The molecule has 2 aromatic rings. The molecule has 1 aromatic carbocycles. The normalized spacial score (nSPS) is 20.9. The number of amides is 1. The number of hydrogen-bond donors (Lipinski definition) is 3. The summed E-state index contributed by atoms with van der Waals surface area (Å²) in [5.41, 5.74) is -6.80. The van der Waals surface area contributed by atoms with E-state index in [1.165, 1.54) is 27.7 Å². The van der Waals surface area contributed by atoms with Crippen LogP contribution in [0.3, 0.4) is 0 Å². The van der Waals surface area contributed by atoms with Gasteiger partial charge in [0.05, 0.1) is 18.8 Å². The Morgan fingerprint density at radius 2 is 1.47 bits per heavy atom. The lowest BCUT2D eigenvalue weighted by molar-refractivity contribution is -0.152. The smallest absolute Gasteiger partial charge is 0.445 e. The van der Waals surface area contributed by atoms with E-state index in [0.29, 0.717) is 14.7 Å². The van der Waals surface area contributed by atoms with Crippen LogP contribution >= 0.6 is 7.82 Å². The Bertz CT molecular complexity index is 1870. The number of carbonyl (C=O) groups excluding carboxylic acids is 4. The quantitative estimate of drug-likeness (QED) is 0.0747. The van der Waals surface area contributed by atoms with Crippen molar-refractivity contribution < 1.29 is 85.1 Å². The van der Waals surface area contributed by atoms with Crippen LogP contribution < -0.4 is 16.6 Å². The lowest BCUT2D eigenvalue weighted by Crippen LogP contribution is -2.53. The van der Waals surface area contributed by atoms with Crippen molar-refractivity contribution in [1.82, 2.24) is 14.5 Å². The molecular formula is C35H49FN3O19P. The molecule has 0 aliphatic carbocycles. The van der Waals surface area contributed by atoms with Crippen LogP contribution in [0.5, 0.6) is 0 Å². The number of phosphoric acid groups is 1. The lowest BCUT2D eigenvalue weighted by atomic mass is 9.88. The number of ether oxygens (including phenoxy) is 7. The van der Waals surface area contributed by atoms with Crippen molar-refractivity contribution in [2.45, 2.75) is 104 Å². The van der Waals surface area contributed by atoms with Crippen LogP contribution in [0.15, 0.2) is 52.2 Å². The summed E-state index contributed by atoms with van der Waals surface area (Å²) in [5.74, 6) is -1.60. The summed E-state index contributed by atoms with van der Waals surface area (Å²) in [7, 11) is -5.06. The number of aliphatic hydroxyl groups is 2. The lowest BCUT2D eigenvalue weighted by Gasteiger charge is -2.31. The number of halogens is 1. The second-order valence-electron chi connectivity index (χ2n) is 13.9. The van der Waals surface area contributed by atoms with Gasteiger partial charge in [0, 0.05) is 12.3 Å². The number of nitrogens with one attached hydrogen (secondary N) is 1. The molecule has 0 spiro atoms. The van der Waals surface area contributed by atoms with E-state index >= 15 is 0 Å². The molecule has 24 heteroatoms. The second-order valence-corrected chi connectivity index (χ2v) is 15.6. The van der Waals surface area contributed by atoms with E-state index in [0.717, 1.165) is 19.2 Å². The Kier molecular flexibility index (Phi) is 17.6. The molecule has 1 aliphatic heterocycles. The second kappa shape index (κ2) is 21.4. The fourth-order valence-corrected chi connectivity index (χ4v) is 6.10. The van der Waals surface area contributed by atoms with Crippen molar-refractivity contribution in [3.05, 3.63) is 69.0 Å².